The van der Waals surface area contributed by atoms with Crippen LogP contribution in [0, 0.1) is 0 Å². The average Bonchev–Trinajstić information content (AvgIpc) is 2.88. The molecule has 98 valence electrons. The Morgan fingerprint density at radius 2 is 2.21 bits per heavy atom. The molecule has 1 amide bonds. The molecule has 0 saturated heterocycles. The number of hydrogen-bond acceptors (Lipinski definition) is 3. The molecule has 0 radical (unpaired) electrons. The van der Waals surface area contributed by atoms with Crippen LogP contribution in [0.25, 0.3) is 0 Å². The van der Waals surface area contributed by atoms with E-state index in [-0.39, 0.29) is 17.0 Å². The van der Waals surface area contributed by atoms with E-state index in [1.807, 2.05) is 0 Å². The Morgan fingerprint density at radius 3 is 3.05 bits per heavy atom. The van der Waals surface area contributed by atoms with Crippen LogP contribution in [0.1, 0.15) is 20.8 Å². The predicted octanol–water partition coefficient (Wildman–Crippen LogP) is 1.65. The fourth-order valence-corrected chi connectivity index (χ4v) is 3.24. The number of nitrogens with zero attached hydrogens (tertiary/aromatic N) is 2. The van der Waals surface area contributed by atoms with Gasteiger partial charge in [0.1, 0.15) is 5.56 Å². The van der Waals surface area contributed by atoms with E-state index in [0.29, 0.717) is 13.1 Å². The maximum Gasteiger partial charge on any atom is 0.263 e. The first-order valence-electron chi connectivity index (χ1n) is 6.17. The van der Waals surface area contributed by atoms with E-state index in [0.717, 1.165) is 6.42 Å². The summed E-state index contributed by atoms with van der Waals surface area (Å²) < 4.78 is 1.44. The van der Waals surface area contributed by atoms with Crippen LogP contribution < -0.4 is 5.56 Å². The quantitative estimate of drug-likeness (QED) is 0.793. The average molecular weight is 274 g/mol. The van der Waals surface area contributed by atoms with Gasteiger partial charge >= 0.3 is 0 Å². The molecule has 1 aliphatic heterocycles. The zero-order chi connectivity index (χ0) is 13.4. The van der Waals surface area contributed by atoms with E-state index >= 15 is 0 Å². The van der Waals surface area contributed by atoms with Crippen LogP contribution >= 0.6 is 11.3 Å². The van der Waals surface area contributed by atoms with Gasteiger partial charge in [0.05, 0.1) is 0 Å². The van der Waals surface area contributed by atoms with Crippen LogP contribution in [-0.2, 0) is 20.0 Å². The first kappa shape index (κ1) is 12.2. The lowest BCUT2D eigenvalue weighted by Crippen LogP contribution is -2.38. The number of aromatic nitrogens is 1. The summed E-state index contributed by atoms with van der Waals surface area (Å²) in [5, 5.41) is 2.06. The number of rotatable bonds is 1. The molecule has 0 N–H and O–H groups in total. The molecule has 0 fully saturated rings. The van der Waals surface area contributed by atoms with Crippen LogP contribution in [0.4, 0.5) is 0 Å². The molecule has 2 aromatic heterocycles. The van der Waals surface area contributed by atoms with Crippen molar-refractivity contribution in [2.45, 2.75) is 13.0 Å². The smallest absolute Gasteiger partial charge is 0.263 e. The number of pyridine rings is 1. The van der Waals surface area contributed by atoms with Gasteiger partial charge in [0.25, 0.3) is 11.5 Å². The fraction of sp³-hybridized carbons (Fsp3) is 0.286. The largest absolute Gasteiger partial charge is 0.334 e. The Morgan fingerprint density at radius 1 is 1.37 bits per heavy atom. The highest BCUT2D eigenvalue weighted by atomic mass is 32.1. The zero-order valence-electron chi connectivity index (χ0n) is 10.6. The molecule has 4 nitrogen and oxygen atoms in total. The minimum Gasteiger partial charge on any atom is -0.334 e. The molecule has 3 rings (SSSR count). The highest BCUT2D eigenvalue weighted by molar-refractivity contribution is 7.10. The van der Waals surface area contributed by atoms with Gasteiger partial charge in [-0.3, -0.25) is 9.59 Å². The van der Waals surface area contributed by atoms with E-state index in [4.69, 9.17) is 0 Å². The summed E-state index contributed by atoms with van der Waals surface area (Å²) in [6.45, 7) is 1.29. The molecule has 0 unspecified atom stereocenters. The van der Waals surface area contributed by atoms with Crippen molar-refractivity contribution >= 4 is 17.2 Å². The number of thiophene rings is 1. The third-order valence-electron chi connectivity index (χ3n) is 3.45. The van der Waals surface area contributed by atoms with Crippen molar-refractivity contribution in [2.24, 2.45) is 7.05 Å². The SMILES string of the molecule is Cn1cccc(C(=O)N2CCc3sccc3C2)c1=O. The highest BCUT2D eigenvalue weighted by Gasteiger charge is 2.24. The molecule has 5 heteroatoms. The number of fused-ring (bicyclic) bond motifs is 1. The van der Waals surface area contributed by atoms with Gasteiger partial charge in [-0.15, -0.1) is 11.3 Å². The Hall–Kier alpha value is -1.88. The second kappa shape index (κ2) is 4.66. The lowest BCUT2D eigenvalue weighted by atomic mass is 10.1. The summed E-state index contributed by atoms with van der Waals surface area (Å²) >= 11 is 1.74. The summed E-state index contributed by atoms with van der Waals surface area (Å²) in [6.07, 6.45) is 2.54. The summed E-state index contributed by atoms with van der Waals surface area (Å²) in [7, 11) is 1.66. The molecule has 1 aliphatic rings. The predicted molar refractivity (Wildman–Crippen MR) is 74.4 cm³/mol. The van der Waals surface area contributed by atoms with Crippen molar-refractivity contribution in [3.05, 3.63) is 56.1 Å². The van der Waals surface area contributed by atoms with Gasteiger partial charge in [0.2, 0.25) is 0 Å². The number of hydrogen-bond donors (Lipinski definition) is 0. The molecule has 0 aliphatic carbocycles. The van der Waals surface area contributed by atoms with E-state index in [9.17, 15) is 9.59 Å². The first-order valence-corrected chi connectivity index (χ1v) is 7.05. The highest BCUT2D eigenvalue weighted by Crippen LogP contribution is 2.24. The van der Waals surface area contributed by atoms with Crippen molar-refractivity contribution in [2.75, 3.05) is 6.54 Å². The fourth-order valence-electron chi connectivity index (χ4n) is 2.35. The maximum absolute atomic E-state index is 12.4. The molecular formula is C14H14N2O2S. The minimum absolute atomic E-state index is 0.168. The van der Waals surface area contributed by atoms with Crippen LogP contribution in [0.2, 0.25) is 0 Å². The van der Waals surface area contributed by atoms with Crippen LogP contribution in [0.15, 0.2) is 34.6 Å². The molecule has 2 aromatic rings. The van der Waals surface area contributed by atoms with Gasteiger partial charge in [-0.2, -0.15) is 0 Å². The second-order valence-electron chi connectivity index (χ2n) is 4.68. The van der Waals surface area contributed by atoms with Gasteiger partial charge in [0, 0.05) is 31.2 Å². The summed E-state index contributed by atoms with van der Waals surface area (Å²) in [5.74, 6) is -0.168. The van der Waals surface area contributed by atoms with Crippen molar-refractivity contribution < 1.29 is 4.79 Å². The number of amides is 1. The molecular weight excluding hydrogens is 260 g/mol. The summed E-state index contributed by atoms with van der Waals surface area (Å²) in [4.78, 5) is 27.5. The van der Waals surface area contributed by atoms with E-state index in [1.165, 1.54) is 15.0 Å². The van der Waals surface area contributed by atoms with Crippen molar-refractivity contribution in [1.82, 2.24) is 9.47 Å². The normalized spacial score (nSPS) is 14.3. The van der Waals surface area contributed by atoms with Gasteiger partial charge in [-0.25, -0.2) is 0 Å². The Bertz CT molecular complexity index is 687. The molecule has 0 bridgehead atoms. The third-order valence-corrected chi connectivity index (χ3v) is 4.47. The van der Waals surface area contributed by atoms with Crippen LogP contribution in [0.3, 0.4) is 0 Å². The van der Waals surface area contributed by atoms with E-state index in [2.05, 4.69) is 11.4 Å². The van der Waals surface area contributed by atoms with Crippen molar-refractivity contribution in [1.29, 1.82) is 0 Å². The topological polar surface area (TPSA) is 42.3 Å². The monoisotopic (exact) mass is 274 g/mol. The molecule has 3 heterocycles. The van der Waals surface area contributed by atoms with E-state index in [1.54, 1.807) is 41.6 Å². The number of carbonyl (C=O) groups excluding carboxylic acids is 1. The number of aryl methyl sites for hydroxylation is 1. The Kier molecular flexibility index (Phi) is 2.98. The molecule has 19 heavy (non-hydrogen) atoms. The van der Waals surface area contributed by atoms with Gasteiger partial charge in [-0.05, 0) is 35.6 Å². The molecule has 0 saturated carbocycles. The minimum atomic E-state index is -0.233. The molecule has 0 atom stereocenters. The van der Waals surface area contributed by atoms with Crippen molar-refractivity contribution in [3.8, 4) is 0 Å². The van der Waals surface area contributed by atoms with Crippen molar-refractivity contribution in [3.63, 3.8) is 0 Å². The number of carbonyl (C=O) groups is 1. The lowest BCUT2D eigenvalue weighted by molar-refractivity contribution is 0.0733. The second-order valence-corrected chi connectivity index (χ2v) is 5.68. The standard InChI is InChI=1S/C14H14N2O2S/c1-15-6-2-3-11(13(15)17)14(18)16-7-4-12-10(9-16)5-8-19-12/h2-3,5-6,8H,4,7,9H2,1H3. The third kappa shape index (κ3) is 2.10. The van der Waals surface area contributed by atoms with Crippen LogP contribution in [0.5, 0.6) is 0 Å². The first-order chi connectivity index (χ1) is 9.16. The molecule has 0 aromatic carbocycles. The van der Waals surface area contributed by atoms with Crippen LogP contribution in [-0.4, -0.2) is 21.9 Å². The van der Waals surface area contributed by atoms with Gasteiger partial charge in [-0.1, -0.05) is 0 Å². The van der Waals surface area contributed by atoms with Gasteiger partial charge in [0.15, 0.2) is 0 Å². The maximum atomic E-state index is 12.4. The van der Waals surface area contributed by atoms with Gasteiger partial charge < -0.3 is 9.47 Å². The Labute approximate surface area is 114 Å². The molecule has 0 spiro atoms. The summed E-state index contributed by atoms with van der Waals surface area (Å²) in [5.41, 5.74) is 1.23. The summed E-state index contributed by atoms with van der Waals surface area (Å²) in [6, 6.07) is 5.39. The van der Waals surface area contributed by atoms with E-state index < -0.39 is 0 Å². The Balaban J connectivity index is 1.90. The lowest BCUT2D eigenvalue weighted by Gasteiger charge is -2.26. The zero-order valence-corrected chi connectivity index (χ0v) is 11.4.